The molecule has 1 aliphatic carbocycles. The second-order valence-corrected chi connectivity index (χ2v) is 6.02. The van der Waals surface area contributed by atoms with Gasteiger partial charge >= 0.3 is 0 Å². The van der Waals surface area contributed by atoms with Gasteiger partial charge in [-0.1, -0.05) is 29.3 Å². The van der Waals surface area contributed by atoms with Crippen molar-refractivity contribution in [3.63, 3.8) is 0 Å². The third-order valence-electron chi connectivity index (χ3n) is 3.74. The minimum Gasteiger partial charge on any atom is -0.299 e. The Labute approximate surface area is 122 Å². The van der Waals surface area contributed by atoms with E-state index in [1.165, 1.54) is 19.4 Å². The van der Waals surface area contributed by atoms with E-state index in [0.717, 1.165) is 31.0 Å². The van der Waals surface area contributed by atoms with Gasteiger partial charge in [-0.05, 0) is 36.8 Å². The lowest BCUT2D eigenvalue weighted by molar-refractivity contribution is 0.289. The van der Waals surface area contributed by atoms with E-state index < -0.39 is 5.82 Å². The topological polar surface area (TPSA) is 16.1 Å². The van der Waals surface area contributed by atoms with Gasteiger partial charge in [-0.3, -0.25) is 4.90 Å². The summed E-state index contributed by atoms with van der Waals surface area (Å²) in [5, 5.41) is 0.0894. The third kappa shape index (κ3) is 3.10. The number of halogens is 3. The molecule has 0 bridgehead atoms. The van der Waals surface area contributed by atoms with E-state index in [4.69, 9.17) is 23.2 Å². The third-order valence-corrected chi connectivity index (χ3v) is 4.18. The summed E-state index contributed by atoms with van der Waals surface area (Å²) in [6, 6.07) is 1.56. The van der Waals surface area contributed by atoms with E-state index >= 15 is 0 Å². The molecule has 1 aromatic rings. The maximum absolute atomic E-state index is 14.0. The summed E-state index contributed by atoms with van der Waals surface area (Å²) in [5.74, 6) is 0.421. The number of hydrogen-bond donors (Lipinski definition) is 0. The maximum atomic E-state index is 14.0. The molecule has 2 heterocycles. The summed E-state index contributed by atoms with van der Waals surface area (Å²) in [6.07, 6.45) is 5.63. The fourth-order valence-electron chi connectivity index (χ4n) is 2.49. The summed E-state index contributed by atoms with van der Waals surface area (Å²) in [6.45, 7) is 3.02. The molecule has 0 saturated heterocycles. The molecule has 0 unspecified atom stereocenters. The normalized spacial score (nSPS) is 20.5. The zero-order valence-electron chi connectivity index (χ0n) is 10.5. The molecular weight excluding hydrogens is 286 g/mol. The summed E-state index contributed by atoms with van der Waals surface area (Å²) in [7, 11) is 0. The monoisotopic (exact) mass is 300 g/mol. The van der Waals surface area contributed by atoms with Crippen LogP contribution in [-0.4, -0.2) is 29.5 Å². The summed E-state index contributed by atoms with van der Waals surface area (Å²) < 4.78 is 14.0. The number of hydrogen-bond acceptors (Lipinski definition) is 2. The smallest absolute Gasteiger partial charge is 0.168 e. The molecule has 19 heavy (non-hydrogen) atoms. The molecule has 0 aromatic carbocycles. The van der Waals surface area contributed by atoms with Crippen LogP contribution in [0.3, 0.4) is 0 Å². The van der Waals surface area contributed by atoms with Crippen LogP contribution in [-0.2, 0) is 0 Å². The number of pyridine rings is 1. The zero-order chi connectivity index (χ0) is 13.4. The Bertz CT molecular complexity index is 526. The molecule has 0 amide bonds. The van der Waals surface area contributed by atoms with Crippen molar-refractivity contribution in [3.8, 4) is 0 Å². The lowest BCUT2D eigenvalue weighted by Crippen LogP contribution is -2.30. The molecule has 0 N–H and O–H groups in total. The van der Waals surface area contributed by atoms with Crippen molar-refractivity contribution < 1.29 is 4.39 Å². The first kappa shape index (κ1) is 13.3. The van der Waals surface area contributed by atoms with E-state index in [9.17, 15) is 4.39 Å². The molecule has 3 rings (SSSR count). The molecule has 5 heteroatoms. The first-order valence-corrected chi connectivity index (χ1v) is 7.32. The highest BCUT2D eigenvalue weighted by Gasteiger charge is 2.25. The maximum Gasteiger partial charge on any atom is 0.168 e. The average molecular weight is 301 g/mol. The molecule has 2 aliphatic rings. The van der Waals surface area contributed by atoms with Gasteiger partial charge in [0.1, 0.15) is 5.15 Å². The molecule has 1 aliphatic heterocycles. The fraction of sp³-hybridized carbons (Fsp3) is 0.500. The standard InChI is InChI=1S/C14H15Cl2FN2/c15-12-7-11(13(17)14(16)18-12)10-3-5-19(6-4-10)8-9-1-2-9/h3,7,9H,1-2,4-6,8H2. The van der Waals surface area contributed by atoms with Gasteiger partial charge in [0, 0.05) is 25.2 Å². The molecule has 0 radical (unpaired) electrons. The Morgan fingerprint density at radius 3 is 2.79 bits per heavy atom. The van der Waals surface area contributed by atoms with Crippen molar-refractivity contribution in [1.82, 2.24) is 9.88 Å². The molecule has 1 saturated carbocycles. The number of rotatable bonds is 3. The highest BCUT2D eigenvalue weighted by molar-refractivity contribution is 6.32. The van der Waals surface area contributed by atoms with Crippen LogP contribution in [0.25, 0.3) is 5.57 Å². The molecule has 1 aromatic heterocycles. The Hall–Kier alpha value is -0.640. The molecule has 0 spiro atoms. The highest BCUT2D eigenvalue weighted by atomic mass is 35.5. The number of aromatic nitrogens is 1. The summed E-state index contributed by atoms with van der Waals surface area (Å²) in [4.78, 5) is 6.13. The van der Waals surface area contributed by atoms with Crippen LogP contribution in [0.1, 0.15) is 24.8 Å². The van der Waals surface area contributed by atoms with E-state index in [2.05, 4.69) is 16.0 Å². The van der Waals surface area contributed by atoms with Gasteiger partial charge in [0.05, 0.1) is 0 Å². The van der Waals surface area contributed by atoms with Gasteiger partial charge in [-0.25, -0.2) is 9.37 Å². The van der Waals surface area contributed by atoms with Gasteiger partial charge in [-0.15, -0.1) is 0 Å². The molecule has 2 nitrogen and oxygen atoms in total. The van der Waals surface area contributed by atoms with Crippen LogP contribution in [0, 0.1) is 11.7 Å². The molecule has 102 valence electrons. The lowest BCUT2D eigenvalue weighted by atomic mass is 10.00. The van der Waals surface area contributed by atoms with Crippen molar-refractivity contribution in [2.45, 2.75) is 19.3 Å². The highest BCUT2D eigenvalue weighted by Crippen LogP contribution is 2.33. The van der Waals surface area contributed by atoms with Crippen LogP contribution in [0.5, 0.6) is 0 Å². The van der Waals surface area contributed by atoms with Crippen molar-refractivity contribution in [1.29, 1.82) is 0 Å². The lowest BCUT2D eigenvalue weighted by Gasteiger charge is -2.26. The van der Waals surface area contributed by atoms with Gasteiger partial charge in [0.15, 0.2) is 11.0 Å². The van der Waals surface area contributed by atoms with Crippen LogP contribution < -0.4 is 0 Å². The van der Waals surface area contributed by atoms with Crippen molar-refractivity contribution >= 4 is 28.8 Å². The van der Waals surface area contributed by atoms with Crippen molar-refractivity contribution in [2.75, 3.05) is 19.6 Å². The Balaban J connectivity index is 1.77. The summed E-state index contributed by atoms with van der Waals surface area (Å²) >= 11 is 11.6. The van der Waals surface area contributed by atoms with Gasteiger partial charge < -0.3 is 0 Å². The second-order valence-electron chi connectivity index (χ2n) is 5.28. The molecule has 0 atom stereocenters. The Morgan fingerprint density at radius 1 is 1.37 bits per heavy atom. The first-order valence-electron chi connectivity index (χ1n) is 6.57. The number of nitrogens with zero attached hydrogens (tertiary/aromatic N) is 2. The van der Waals surface area contributed by atoms with Crippen LogP contribution in [0.15, 0.2) is 12.1 Å². The molecule has 1 fully saturated rings. The average Bonchev–Trinajstić information content (AvgIpc) is 3.19. The van der Waals surface area contributed by atoms with Crippen molar-refractivity contribution in [2.24, 2.45) is 5.92 Å². The van der Waals surface area contributed by atoms with E-state index in [1.807, 2.05) is 0 Å². The largest absolute Gasteiger partial charge is 0.299 e. The quantitative estimate of drug-likeness (QED) is 0.784. The van der Waals surface area contributed by atoms with Crippen molar-refractivity contribution in [3.05, 3.63) is 33.8 Å². The van der Waals surface area contributed by atoms with Gasteiger partial charge in [0.25, 0.3) is 0 Å². The zero-order valence-corrected chi connectivity index (χ0v) is 12.0. The van der Waals surface area contributed by atoms with Gasteiger partial charge in [0.2, 0.25) is 0 Å². The van der Waals surface area contributed by atoms with E-state index in [1.54, 1.807) is 6.07 Å². The minimum atomic E-state index is -0.465. The van der Waals surface area contributed by atoms with E-state index in [-0.39, 0.29) is 10.3 Å². The molecular formula is C14H15Cl2FN2. The Morgan fingerprint density at radius 2 is 2.16 bits per heavy atom. The van der Waals surface area contributed by atoms with E-state index in [0.29, 0.717) is 5.56 Å². The summed E-state index contributed by atoms with van der Waals surface area (Å²) in [5.41, 5.74) is 1.48. The van der Waals surface area contributed by atoms with Crippen LogP contribution in [0.4, 0.5) is 4.39 Å². The predicted octanol–water partition coefficient (Wildman–Crippen LogP) is 4.03. The minimum absolute atomic E-state index is 0.149. The fourth-order valence-corrected chi connectivity index (χ4v) is 2.92. The van der Waals surface area contributed by atoms with Gasteiger partial charge in [-0.2, -0.15) is 0 Å². The predicted molar refractivity (Wildman–Crippen MR) is 76.0 cm³/mol. The van der Waals surface area contributed by atoms with Crippen LogP contribution in [0.2, 0.25) is 10.3 Å². The second kappa shape index (κ2) is 5.39. The van der Waals surface area contributed by atoms with Crippen LogP contribution >= 0.6 is 23.2 Å². The SMILES string of the molecule is Fc1c(C2=CCN(CC3CC3)CC2)cc(Cl)nc1Cl. The Kier molecular flexibility index (Phi) is 3.79. The first-order chi connectivity index (χ1) is 9.13.